The van der Waals surface area contributed by atoms with Crippen molar-refractivity contribution < 1.29 is 17.9 Å². The lowest BCUT2D eigenvalue weighted by molar-refractivity contribution is 0.100. The Morgan fingerprint density at radius 3 is 2.43 bits per heavy atom. The normalized spacial score (nSPS) is 11.1. The van der Waals surface area contributed by atoms with Crippen LogP contribution in [0.25, 0.3) is 11.3 Å². The molecule has 0 bridgehead atoms. The summed E-state index contributed by atoms with van der Waals surface area (Å²) in [5.41, 5.74) is 8.57. The van der Waals surface area contributed by atoms with E-state index in [9.17, 15) is 13.2 Å². The van der Waals surface area contributed by atoms with Crippen LogP contribution in [0.5, 0.6) is 5.88 Å². The van der Waals surface area contributed by atoms with Gasteiger partial charge in [0.2, 0.25) is 15.9 Å². The van der Waals surface area contributed by atoms with Crippen LogP contribution >= 0.6 is 0 Å². The first-order chi connectivity index (χ1) is 16.8. The van der Waals surface area contributed by atoms with Gasteiger partial charge in [-0.15, -0.1) is 0 Å². The Morgan fingerprint density at radius 1 is 1.06 bits per heavy atom. The lowest BCUT2D eigenvalue weighted by atomic mass is 10.1. The molecular weight excluding hydrogens is 468 g/mol. The summed E-state index contributed by atoms with van der Waals surface area (Å²) in [6, 6.07) is 18.9. The number of methoxy groups -OCH3 is 1. The van der Waals surface area contributed by atoms with Crippen LogP contribution in [0.3, 0.4) is 0 Å². The van der Waals surface area contributed by atoms with Crippen LogP contribution < -0.4 is 20.5 Å². The molecule has 4 aromatic rings. The molecule has 0 radical (unpaired) electrons. The minimum Gasteiger partial charge on any atom is -0.481 e. The number of primary amides is 1. The van der Waals surface area contributed by atoms with Crippen molar-refractivity contribution >= 4 is 33.1 Å². The maximum Gasteiger partial charge on any atom is 0.254 e. The minimum absolute atomic E-state index is 0.142. The lowest BCUT2D eigenvalue weighted by Gasteiger charge is -2.10. The van der Waals surface area contributed by atoms with Gasteiger partial charge in [-0.25, -0.2) is 13.4 Å². The first kappa shape index (κ1) is 23.8. The van der Waals surface area contributed by atoms with E-state index in [0.29, 0.717) is 39.9 Å². The quantitative estimate of drug-likeness (QED) is 0.326. The summed E-state index contributed by atoms with van der Waals surface area (Å²) in [7, 11) is -0.407. The Kier molecular flexibility index (Phi) is 6.69. The molecule has 0 spiro atoms. The number of sulfonamides is 1. The molecule has 0 atom stereocenters. The SMILES string of the molecule is COc1cc(Nc2c(C(N)=O)c(-c3ccc(NS(=O)(=O)Cc4ccccc4)cc3)nn2C)ccn1. The summed E-state index contributed by atoms with van der Waals surface area (Å²) in [6.45, 7) is 0. The number of anilines is 3. The van der Waals surface area contributed by atoms with Crippen molar-refractivity contribution in [1.29, 1.82) is 0 Å². The fourth-order valence-electron chi connectivity index (χ4n) is 3.54. The van der Waals surface area contributed by atoms with Gasteiger partial charge < -0.3 is 15.8 Å². The highest BCUT2D eigenvalue weighted by atomic mass is 32.2. The van der Waals surface area contributed by atoms with Gasteiger partial charge in [0.05, 0.1) is 12.9 Å². The number of carbonyl (C=O) groups is 1. The van der Waals surface area contributed by atoms with Gasteiger partial charge in [-0.3, -0.25) is 14.2 Å². The third-order valence-electron chi connectivity index (χ3n) is 5.13. The zero-order chi connectivity index (χ0) is 25.0. The Labute approximate surface area is 202 Å². The minimum atomic E-state index is -3.60. The van der Waals surface area contributed by atoms with E-state index >= 15 is 0 Å². The smallest absolute Gasteiger partial charge is 0.254 e. The molecular formula is C24H24N6O4S. The highest BCUT2D eigenvalue weighted by molar-refractivity contribution is 7.91. The summed E-state index contributed by atoms with van der Waals surface area (Å²) < 4.78 is 34.3. The van der Waals surface area contributed by atoms with Crippen LogP contribution in [0.2, 0.25) is 0 Å². The van der Waals surface area contributed by atoms with Gasteiger partial charge in [-0.2, -0.15) is 5.10 Å². The van der Waals surface area contributed by atoms with Crippen LogP contribution in [-0.4, -0.2) is 36.2 Å². The number of amides is 1. The molecule has 180 valence electrons. The predicted molar refractivity (Wildman–Crippen MR) is 134 cm³/mol. The fourth-order valence-corrected chi connectivity index (χ4v) is 4.74. The summed E-state index contributed by atoms with van der Waals surface area (Å²) in [6.07, 6.45) is 1.57. The second-order valence-corrected chi connectivity index (χ2v) is 9.42. The number of hydrogen-bond donors (Lipinski definition) is 3. The van der Waals surface area contributed by atoms with Gasteiger partial charge in [-0.1, -0.05) is 42.5 Å². The Morgan fingerprint density at radius 2 is 1.77 bits per heavy atom. The molecule has 0 unspecified atom stereocenters. The van der Waals surface area contributed by atoms with E-state index < -0.39 is 15.9 Å². The van der Waals surface area contributed by atoms with Crippen LogP contribution in [0.1, 0.15) is 15.9 Å². The van der Waals surface area contributed by atoms with Crippen molar-refractivity contribution in [3.8, 4) is 17.1 Å². The molecule has 0 saturated carbocycles. The van der Waals surface area contributed by atoms with Gasteiger partial charge >= 0.3 is 0 Å². The van der Waals surface area contributed by atoms with E-state index in [1.54, 1.807) is 73.9 Å². The molecule has 0 saturated heterocycles. The largest absolute Gasteiger partial charge is 0.481 e. The van der Waals surface area contributed by atoms with Crippen molar-refractivity contribution in [3.63, 3.8) is 0 Å². The van der Waals surface area contributed by atoms with E-state index in [4.69, 9.17) is 10.5 Å². The zero-order valence-electron chi connectivity index (χ0n) is 19.1. The molecule has 0 fully saturated rings. The topological polar surface area (TPSA) is 141 Å². The van der Waals surface area contributed by atoms with Gasteiger partial charge in [-0.05, 0) is 23.8 Å². The molecule has 2 aromatic heterocycles. The van der Waals surface area contributed by atoms with Crippen LogP contribution in [-0.2, 0) is 22.8 Å². The Balaban J connectivity index is 1.59. The Bertz CT molecular complexity index is 1450. The molecule has 0 aliphatic carbocycles. The molecule has 2 aromatic carbocycles. The summed E-state index contributed by atoms with van der Waals surface area (Å²) in [4.78, 5) is 16.4. The summed E-state index contributed by atoms with van der Waals surface area (Å²) in [5, 5.41) is 7.61. The van der Waals surface area contributed by atoms with Crippen molar-refractivity contribution in [1.82, 2.24) is 14.8 Å². The van der Waals surface area contributed by atoms with Crippen molar-refractivity contribution in [2.75, 3.05) is 17.1 Å². The van der Waals surface area contributed by atoms with Crippen molar-refractivity contribution in [2.24, 2.45) is 12.8 Å². The van der Waals surface area contributed by atoms with Crippen LogP contribution in [0.4, 0.5) is 17.2 Å². The molecule has 4 N–H and O–H groups in total. The average molecular weight is 493 g/mol. The fraction of sp³-hybridized carbons (Fsp3) is 0.125. The van der Waals surface area contributed by atoms with Gasteiger partial charge in [0.25, 0.3) is 5.91 Å². The van der Waals surface area contributed by atoms with Crippen molar-refractivity contribution in [3.05, 3.63) is 84.1 Å². The molecule has 10 nitrogen and oxygen atoms in total. The van der Waals surface area contributed by atoms with Crippen LogP contribution in [0.15, 0.2) is 72.9 Å². The number of benzene rings is 2. The summed E-state index contributed by atoms with van der Waals surface area (Å²) in [5.74, 6) is -0.00259. The molecule has 0 aliphatic rings. The maximum absolute atomic E-state index is 12.5. The highest BCUT2D eigenvalue weighted by Gasteiger charge is 2.22. The third-order valence-corrected chi connectivity index (χ3v) is 6.39. The molecule has 11 heteroatoms. The number of nitrogens with one attached hydrogen (secondary N) is 2. The lowest BCUT2D eigenvalue weighted by Crippen LogP contribution is -2.15. The van der Waals surface area contributed by atoms with E-state index in [1.807, 2.05) is 6.07 Å². The number of aromatic nitrogens is 3. The van der Waals surface area contributed by atoms with Crippen LogP contribution in [0, 0.1) is 0 Å². The standard InChI is InChI=1S/C24H24N6O4S/c1-30-24(27-19-12-13-26-20(14-19)34-2)21(23(25)31)22(28-30)17-8-10-18(11-9-17)29-35(32,33)15-16-6-4-3-5-7-16/h3-14,29H,15H2,1-2H3,(H2,25,31)(H,26,27). The number of carbonyl (C=O) groups excluding carboxylic acids is 1. The number of hydrogen-bond acceptors (Lipinski definition) is 7. The molecule has 1 amide bonds. The first-order valence-electron chi connectivity index (χ1n) is 10.5. The van der Waals surface area contributed by atoms with E-state index in [2.05, 4.69) is 20.1 Å². The monoisotopic (exact) mass is 492 g/mol. The first-order valence-corrected chi connectivity index (χ1v) is 12.2. The second kappa shape index (κ2) is 9.85. The molecule has 4 rings (SSSR count). The number of nitrogens with two attached hydrogens (primary N) is 1. The average Bonchev–Trinajstić information content (AvgIpc) is 3.15. The number of rotatable bonds is 9. The second-order valence-electron chi connectivity index (χ2n) is 7.70. The number of ether oxygens (including phenoxy) is 1. The van der Waals surface area contributed by atoms with E-state index in [1.165, 1.54) is 11.8 Å². The van der Waals surface area contributed by atoms with E-state index in [0.717, 1.165) is 0 Å². The third kappa shape index (κ3) is 5.58. The van der Waals surface area contributed by atoms with Gasteiger partial charge in [0, 0.05) is 36.2 Å². The number of aryl methyl sites for hydroxylation is 1. The van der Waals surface area contributed by atoms with Gasteiger partial charge in [0.1, 0.15) is 17.1 Å². The molecule has 2 heterocycles. The Hall–Kier alpha value is -4.38. The molecule has 0 aliphatic heterocycles. The maximum atomic E-state index is 12.5. The number of pyridine rings is 1. The summed E-state index contributed by atoms with van der Waals surface area (Å²) >= 11 is 0. The van der Waals surface area contributed by atoms with Crippen molar-refractivity contribution in [2.45, 2.75) is 5.75 Å². The highest BCUT2D eigenvalue weighted by Crippen LogP contribution is 2.31. The van der Waals surface area contributed by atoms with E-state index in [-0.39, 0.29) is 11.3 Å². The predicted octanol–water partition coefficient (Wildman–Crippen LogP) is 3.28. The zero-order valence-corrected chi connectivity index (χ0v) is 19.9. The number of nitrogens with zero attached hydrogens (tertiary/aromatic N) is 3. The van der Waals surface area contributed by atoms with Gasteiger partial charge in [0.15, 0.2) is 0 Å². The molecule has 35 heavy (non-hydrogen) atoms.